The minimum absolute atomic E-state index is 0.0249. The predicted molar refractivity (Wildman–Crippen MR) is 103 cm³/mol. The van der Waals surface area contributed by atoms with Crippen molar-refractivity contribution < 1.29 is 25.2 Å². The first kappa shape index (κ1) is 23.6. The van der Waals surface area contributed by atoms with Gasteiger partial charge in [0.2, 0.25) is 0 Å². The summed E-state index contributed by atoms with van der Waals surface area (Å²) >= 11 is 0. The van der Waals surface area contributed by atoms with Crippen molar-refractivity contribution in [2.75, 3.05) is 45.4 Å². The zero-order valence-corrected chi connectivity index (χ0v) is 17.8. The van der Waals surface area contributed by atoms with Crippen LogP contribution < -0.4 is 0 Å². The molecule has 0 aliphatic heterocycles. The van der Waals surface area contributed by atoms with Crippen LogP contribution in [0, 0.1) is 11.8 Å². The summed E-state index contributed by atoms with van der Waals surface area (Å²) in [4.78, 5) is 2.21. The van der Waals surface area contributed by atoms with Gasteiger partial charge in [-0.05, 0) is 30.3 Å². The Morgan fingerprint density at radius 3 is 2.19 bits per heavy atom. The molecule has 0 radical (unpaired) electrons. The van der Waals surface area contributed by atoms with E-state index in [1.165, 1.54) is 32.1 Å². The molecule has 154 valence electrons. The second-order valence-electron chi connectivity index (χ2n) is 7.51. The molecule has 0 aromatic heterocycles. The molecule has 1 rings (SSSR count). The highest BCUT2D eigenvalue weighted by Gasteiger charge is 2.20. The van der Waals surface area contributed by atoms with Crippen LogP contribution in [-0.2, 0) is 28.6 Å². The van der Waals surface area contributed by atoms with E-state index in [0.717, 1.165) is 19.1 Å². The molecule has 1 aliphatic carbocycles. The Morgan fingerprint density at radius 1 is 1.08 bits per heavy atom. The van der Waals surface area contributed by atoms with Crippen molar-refractivity contribution >= 4 is 20.2 Å². The van der Waals surface area contributed by atoms with E-state index in [1.807, 2.05) is 6.92 Å². The molecule has 26 heavy (non-hydrogen) atoms. The van der Waals surface area contributed by atoms with Gasteiger partial charge < -0.3 is 0 Å². The van der Waals surface area contributed by atoms with E-state index in [1.54, 1.807) is 0 Å². The fourth-order valence-electron chi connectivity index (χ4n) is 3.22. The molecule has 0 aromatic carbocycles. The molecule has 0 spiro atoms. The lowest BCUT2D eigenvalue weighted by atomic mass is 9.88. The number of rotatable bonds is 12. The average Bonchev–Trinajstić information content (AvgIpc) is 2.50. The maximum atomic E-state index is 11.2. The first-order chi connectivity index (χ1) is 11.9. The van der Waals surface area contributed by atoms with Gasteiger partial charge in [-0.2, -0.15) is 16.8 Å². The molecule has 1 aliphatic rings. The number of nitrogens with zero attached hydrogens (tertiary/aromatic N) is 1. The summed E-state index contributed by atoms with van der Waals surface area (Å²) in [6.45, 7) is 8.03. The van der Waals surface area contributed by atoms with Gasteiger partial charge >= 0.3 is 0 Å². The third-order valence-corrected chi connectivity index (χ3v) is 5.41. The normalized spacial score (nSPS) is 18.2. The van der Waals surface area contributed by atoms with Gasteiger partial charge in [-0.1, -0.05) is 32.8 Å². The molecule has 0 saturated heterocycles. The van der Waals surface area contributed by atoms with E-state index in [2.05, 4.69) is 11.5 Å². The smallest absolute Gasteiger partial charge is 0.264 e. The monoisotopic (exact) mass is 411 g/mol. The van der Waals surface area contributed by atoms with Crippen molar-refractivity contribution in [3.8, 4) is 0 Å². The Hall–Kier alpha value is -0.480. The molecule has 0 heterocycles. The summed E-state index contributed by atoms with van der Waals surface area (Å²) in [5.74, 6) is 0.632. The van der Waals surface area contributed by atoms with Crippen molar-refractivity contribution in [2.24, 2.45) is 11.8 Å². The van der Waals surface area contributed by atoms with Crippen LogP contribution in [-0.4, -0.2) is 67.1 Å². The van der Waals surface area contributed by atoms with Crippen LogP contribution in [0.4, 0.5) is 0 Å². The highest BCUT2D eigenvalue weighted by Crippen LogP contribution is 2.25. The summed E-state index contributed by atoms with van der Waals surface area (Å²) in [6.07, 6.45) is 8.21. The van der Waals surface area contributed by atoms with E-state index in [-0.39, 0.29) is 19.1 Å². The van der Waals surface area contributed by atoms with E-state index in [9.17, 15) is 16.8 Å². The minimum atomic E-state index is -3.50. The molecule has 9 heteroatoms. The lowest BCUT2D eigenvalue weighted by Gasteiger charge is -2.32. The second-order valence-corrected chi connectivity index (χ2v) is 10.8. The maximum Gasteiger partial charge on any atom is 0.264 e. The number of hydrogen-bond donors (Lipinski definition) is 0. The highest BCUT2D eigenvalue weighted by atomic mass is 32.2. The summed E-state index contributed by atoms with van der Waals surface area (Å²) in [6, 6.07) is 0. The molecule has 0 N–H and O–H groups in total. The Kier molecular flexibility index (Phi) is 9.74. The van der Waals surface area contributed by atoms with Gasteiger partial charge in [0.1, 0.15) is 0 Å². The Balaban J connectivity index is 2.60. The quantitative estimate of drug-likeness (QED) is 0.358. The SMILES string of the molecule is C=C(COS(C)(=O)=O)CN(CC1CCCCC1)C[C@H](C)COS(C)(=O)=O. The van der Waals surface area contributed by atoms with Crippen LogP contribution in [0.5, 0.6) is 0 Å². The van der Waals surface area contributed by atoms with Crippen LogP contribution in [0.25, 0.3) is 0 Å². The molecule has 7 nitrogen and oxygen atoms in total. The van der Waals surface area contributed by atoms with Crippen LogP contribution in [0.3, 0.4) is 0 Å². The van der Waals surface area contributed by atoms with E-state index < -0.39 is 20.2 Å². The largest absolute Gasteiger partial charge is 0.299 e. The van der Waals surface area contributed by atoms with Crippen LogP contribution >= 0.6 is 0 Å². The van der Waals surface area contributed by atoms with Gasteiger partial charge in [-0.25, -0.2) is 0 Å². The Morgan fingerprint density at radius 2 is 1.65 bits per heavy atom. The fourth-order valence-corrected chi connectivity index (χ4v) is 4.08. The average molecular weight is 412 g/mol. The van der Waals surface area contributed by atoms with Gasteiger partial charge in [0.05, 0.1) is 25.7 Å². The molecule has 0 bridgehead atoms. The third kappa shape index (κ3) is 12.0. The van der Waals surface area contributed by atoms with Crippen molar-refractivity contribution in [3.05, 3.63) is 12.2 Å². The molecule has 1 fully saturated rings. The Labute approximate surface area is 159 Å². The Bertz CT molecular complexity index is 638. The summed E-state index contributed by atoms with van der Waals surface area (Å²) < 4.78 is 54.4. The first-order valence-corrected chi connectivity index (χ1v) is 12.7. The molecule has 0 aromatic rings. The molecule has 0 unspecified atom stereocenters. The van der Waals surface area contributed by atoms with E-state index in [0.29, 0.717) is 24.6 Å². The summed E-state index contributed by atoms with van der Waals surface area (Å²) in [5.41, 5.74) is 0.683. The second kappa shape index (κ2) is 10.8. The van der Waals surface area contributed by atoms with Gasteiger partial charge in [0.15, 0.2) is 0 Å². The standard InChI is InChI=1S/C17H33NO6S2/c1-15(13-23-25(3,19)20)10-18(12-17-8-6-5-7-9-17)11-16(2)14-24-26(4,21)22/h16-17H,1,5-14H2,2-4H3/t16-/m0/s1. The lowest BCUT2D eigenvalue weighted by molar-refractivity contribution is 0.162. The van der Waals surface area contributed by atoms with Crippen LogP contribution in [0.2, 0.25) is 0 Å². The molecular weight excluding hydrogens is 378 g/mol. The van der Waals surface area contributed by atoms with E-state index >= 15 is 0 Å². The summed E-state index contributed by atoms with van der Waals surface area (Å²) in [5, 5.41) is 0. The van der Waals surface area contributed by atoms with Crippen molar-refractivity contribution in [2.45, 2.75) is 39.0 Å². The zero-order chi connectivity index (χ0) is 19.8. The van der Waals surface area contributed by atoms with Crippen molar-refractivity contribution in [1.29, 1.82) is 0 Å². The molecular formula is C17H33NO6S2. The first-order valence-electron chi connectivity index (χ1n) is 9.02. The maximum absolute atomic E-state index is 11.2. The van der Waals surface area contributed by atoms with Crippen LogP contribution in [0.15, 0.2) is 12.2 Å². The van der Waals surface area contributed by atoms with Crippen molar-refractivity contribution in [1.82, 2.24) is 4.90 Å². The van der Waals surface area contributed by atoms with Gasteiger partial charge in [-0.15, -0.1) is 0 Å². The van der Waals surface area contributed by atoms with Gasteiger partial charge in [-0.3, -0.25) is 13.3 Å². The molecule has 0 amide bonds. The third-order valence-electron chi connectivity index (χ3n) is 4.30. The predicted octanol–water partition coefficient (Wildman–Crippen LogP) is 2.01. The van der Waals surface area contributed by atoms with Gasteiger partial charge in [0, 0.05) is 19.6 Å². The highest BCUT2D eigenvalue weighted by molar-refractivity contribution is 7.86. The zero-order valence-electron chi connectivity index (χ0n) is 16.1. The fraction of sp³-hybridized carbons (Fsp3) is 0.882. The topological polar surface area (TPSA) is 90.0 Å². The van der Waals surface area contributed by atoms with Crippen LogP contribution in [0.1, 0.15) is 39.0 Å². The van der Waals surface area contributed by atoms with E-state index in [4.69, 9.17) is 8.37 Å². The summed E-state index contributed by atoms with van der Waals surface area (Å²) in [7, 11) is -6.95. The molecule has 1 saturated carbocycles. The number of hydrogen-bond acceptors (Lipinski definition) is 7. The lowest BCUT2D eigenvalue weighted by Crippen LogP contribution is -2.37. The van der Waals surface area contributed by atoms with Gasteiger partial charge in [0.25, 0.3) is 20.2 Å². The minimum Gasteiger partial charge on any atom is -0.299 e. The molecule has 1 atom stereocenters. The van der Waals surface area contributed by atoms with Crippen molar-refractivity contribution in [3.63, 3.8) is 0 Å².